The first-order valence-electron chi connectivity index (χ1n) is 10.2. The van der Waals surface area contributed by atoms with E-state index in [1.807, 2.05) is 11.0 Å². The number of halogens is 3. The lowest BCUT2D eigenvalue weighted by atomic mass is 10.1. The Bertz CT molecular complexity index is 860. The molecule has 0 amide bonds. The standard InChI is InChI=1S/C21H28F3N5O2/c1-15(2)31-18-5-4-16(19(12-18)21(22,23)24)13-26-20(25-3)29-9-7-28(8-10-29)14-17-6-11-30-27-17/h4-6,11-12,15H,7-10,13-14H2,1-3H3,(H,25,26). The molecular formula is C21H28F3N5O2. The Morgan fingerprint density at radius 2 is 1.97 bits per heavy atom. The Kier molecular flexibility index (Phi) is 7.42. The van der Waals surface area contributed by atoms with Crippen molar-refractivity contribution in [2.24, 2.45) is 4.99 Å². The predicted octanol–water partition coefficient (Wildman–Crippen LogP) is 3.37. The van der Waals surface area contributed by atoms with Crippen molar-refractivity contribution in [3.05, 3.63) is 47.3 Å². The third-order valence-corrected chi connectivity index (χ3v) is 4.96. The van der Waals surface area contributed by atoms with Crippen molar-refractivity contribution in [1.29, 1.82) is 0 Å². The lowest BCUT2D eigenvalue weighted by Gasteiger charge is -2.36. The van der Waals surface area contributed by atoms with Gasteiger partial charge in [0.15, 0.2) is 5.96 Å². The number of ether oxygens (including phenoxy) is 1. The van der Waals surface area contributed by atoms with Gasteiger partial charge in [0.25, 0.3) is 0 Å². The lowest BCUT2D eigenvalue weighted by Crippen LogP contribution is -2.52. The molecule has 0 spiro atoms. The summed E-state index contributed by atoms with van der Waals surface area (Å²) in [5.74, 6) is 0.787. The molecule has 1 fully saturated rings. The number of alkyl halides is 3. The van der Waals surface area contributed by atoms with E-state index < -0.39 is 11.7 Å². The molecule has 2 aromatic rings. The van der Waals surface area contributed by atoms with E-state index in [4.69, 9.17) is 9.26 Å². The van der Waals surface area contributed by atoms with Crippen LogP contribution in [0, 0.1) is 0 Å². The second-order valence-corrected chi connectivity index (χ2v) is 7.64. The van der Waals surface area contributed by atoms with Crippen LogP contribution in [-0.4, -0.2) is 60.2 Å². The summed E-state index contributed by atoms with van der Waals surface area (Å²) in [4.78, 5) is 8.55. The number of hydrogen-bond donors (Lipinski definition) is 1. The van der Waals surface area contributed by atoms with Crippen LogP contribution in [0.2, 0.25) is 0 Å². The van der Waals surface area contributed by atoms with Crippen LogP contribution < -0.4 is 10.1 Å². The minimum Gasteiger partial charge on any atom is -0.491 e. The quantitative estimate of drug-likeness (QED) is 0.550. The SMILES string of the molecule is CN=C(NCc1ccc(OC(C)C)cc1C(F)(F)F)N1CCN(Cc2ccon2)CC1. The molecule has 3 rings (SSSR count). The number of hydrogen-bond acceptors (Lipinski definition) is 5. The molecule has 7 nitrogen and oxygen atoms in total. The van der Waals surface area contributed by atoms with Crippen molar-refractivity contribution < 1.29 is 22.4 Å². The highest BCUT2D eigenvalue weighted by Gasteiger charge is 2.34. The molecule has 1 aliphatic rings. The lowest BCUT2D eigenvalue weighted by molar-refractivity contribution is -0.138. The normalized spacial score (nSPS) is 16.1. The zero-order valence-corrected chi connectivity index (χ0v) is 17.9. The summed E-state index contributed by atoms with van der Waals surface area (Å²) in [6.45, 7) is 7.29. The van der Waals surface area contributed by atoms with Gasteiger partial charge >= 0.3 is 6.18 Å². The summed E-state index contributed by atoms with van der Waals surface area (Å²) in [6, 6.07) is 5.92. The first-order valence-corrected chi connectivity index (χ1v) is 10.2. The van der Waals surface area contributed by atoms with E-state index in [-0.39, 0.29) is 24.0 Å². The Labute approximate surface area is 179 Å². The summed E-state index contributed by atoms with van der Waals surface area (Å²) in [5.41, 5.74) is 0.320. The van der Waals surface area contributed by atoms with Gasteiger partial charge < -0.3 is 19.5 Å². The number of guanidine groups is 1. The van der Waals surface area contributed by atoms with Gasteiger partial charge in [-0.3, -0.25) is 9.89 Å². The maximum absolute atomic E-state index is 13.6. The van der Waals surface area contributed by atoms with Crippen LogP contribution in [0.25, 0.3) is 0 Å². The molecule has 1 saturated heterocycles. The van der Waals surface area contributed by atoms with Crippen LogP contribution in [-0.2, 0) is 19.3 Å². The van der Waals surface area contributed by atoms with Gasteiger partial charge in [0, 0.05) is 52.4 Å². The van der Waals surface area contributed by atoms with Crippen LogP contribution >= 0.6 is 0 Å². The minimum atomic E-state index is -4.47. The minimum absolute atomic E-state index is 0.0165. The first-order chi connectivity index (χ1) is 14.8. The van der Waals surface area contributed by atoms with Crippen molar-refractivity contribution in [2.75, 3.05) is 33.2 Å². The number of rotatable bonds is 6. The van der Waals surface area contributed by atoms with E-state index in [0.29, 0.717) is 25.6 Å². The molecular weight excluding hydrogens is 411 g/mol. The average molecular weight is 439 g/mol. The molecule has 10 heteroatoms. The molecule has 0 aliphatic carbocycles. The van der Waals surface area contributed by atoms with Crippen LogP contribution in [0.1, 0.15) is 30.7 Å². The number of benzene rings is 1. The van der Waals surface area contributed by atoms with Crippen LogP contribution in [0.3, 0.4) is 0 Å². The second kappa shape index (κ2) is 10.0. The van der Waals surface area contributed by atoms with Crippen molar-refractivity contribution in [1.82, 2.24) is 20.3 Å². The fraction of sp³-hybridized carbons (Fsp3) is 0.524. The van der Waals surface area contributed by atoms with Crippen molar-refractivity contribution in [3.8, 4) is 5.75 Å². The number of piperazine rings is 1. The zero-order chi connectivity index (χ0) is 22.4. The van der Waals surface area contributed by atoms with Crippen LogP contribution in [0.5, 0.6) is 5.75 Å². The van der Waals surface area contributed by atoms with Gasteiger partial charge in [0.05, 0.1) is 17.4 Å². The maximum atomic E-state index is 13.6. The number of aromatic nitrogens is 1. The molecule has 170 valence electrons. The van der Waals surface area contributed by atoms with Gasteiger partial charge in [-0.15, -0.1) is 0 Å². The summed E-state index contributed by atoms with van der Waals surface area (Å²) in [5, 5.41) is 7.00. The molecule has 0 saturated carbocycles. The van der Waals surface area contributed by atoms with Crippen molar-refractivity contribution in [3.63, 3.8) is 0 Å². The van der Waals surface area contributed by atoms with Crippen LogP contribution in [0.4, 0.5) is 13.2 Å². The highest BCUT2D eigenvalue weighted by Crippen LogP contribution is 2.34. The van der Waals surface area contributed by atoms with Gasteiger partial charge in [-0.05, 0) is 31.5 Å². The molecule has 31 heavy (non-hydrogen) atoms. The molecule has 2 heterocycles. The Morgan fingerprint density at radius 3 is 2.55 bits per heavy atom. The third kappa shape index (κ3) is 6.36. The highest BCUT2D eigenvalue weighted by molar-refractivity contribution is 5.80. The first kappa shape index (κ1) is 22.9. The number of aliphatic imine (C=N–C) groups is 1. The summed E-state index contributed by atoms with van der Waals surface area (Å²) in [7, 11) is 1.63. The van der Waals surface area contributed by atoms with E-state index >= 15 is 0 Å². The van der Waals surface area contributed by atoms with E-state index in [0.717, 1.165) is 24.8 Å². The molecule has 0 bridgehead atoms. The average Bonchev–Trinajstić information content (AvgIpc) is 3.22. The fourth-order valence-electron chi connectivity index (χ4n) is 3.49. The molecule has 0 unspecified atom stereocenters. The fourth-order valence-corrected chi connectivity index (χ4v) is 3.49. The van der Waals surface area contributed by atoms with Gasteiger partial charge in [-0.2, -0.15) is 13.2 Å². The summed E-state index contributed by atoms with van der Waals surface area (Å²) >= 11 is 0. The summed E-state index contributed by atoms with van der Waals surface area (Å²) in [6.07, 6.45) is -3.12. The van der Waals surface area contributed by atoms with Crippen molar-refractivity contribution >= 4 is 5.96 Å². The monoisotopic (exact) mass is 439 g/mol. The van der Waals surface area contributed by atoms with Crippen LogP contribution in [0.15, 0.2) is 40.0 Å². The molecule has 1 N–H and O–H groups in total. The molecule has 1 aromatic carbocycles. The Hall–Kier alpha value is -2.75. The van der Waals surface area contributed by atoms with E-state index in [9.17, 15) is 13.2 Å². The molecule has 1 aliphatic heterocycles. The maximum Gasteiger partial charge on any atom is 0.416 e. The second-order valence-electron chi connectivity index (χ2n) is 7.64. The number of nitrogens with zero attached hydrogens (tertiary/aromatic N) is 4. The third-order valence-electron chi connectivity index (χ3n) is 4.96. The Morgan fingerprint density at radius 1 is 1.23 bits per heavy atom. The Balaban J connectivity index is 1.60. The highest BCUT2D eigenvalue weighted by atomic mass is 19.4. The van der Waals surface area contributed by atoms with E-state index in [1.54, 1.807) is 33.2 Å². The zero-order valence-electron chi connectivity index (χ0n) is 17.9. The van der Waals surface area contributed by atoms with Gasteiger partial charge in [-0.25, -0.2) is 0 Å². The molecule has 1 aromatic heterocycles. The number of nitrogens with one attached hydrogen (secondary N) is 1. The predicted molar refractivity (Wildman–Crippen MR) is 111 cm³/mol. The molecule has 0 atom stereocenters. The molecule has 0 radical (unpaired) electrons. The van der Waals surface area contributed by atoms with E-state index in [2.05, 4.69) is 20.4 Å². The van der Waals surface area contributed by atoms with Gasteiger partial charge in [0.1, 0.15) is 12.0 Å². The van der Waals surface area contributed by atoms with E-state index in [1.165, 1.54) is 6.07 Å². The summed E-state index contributed by atoms with van der Waals surface area (Å²) < 4.78 is 51.0. The smallest absolute Gasteiger partial charge is 0.416 e. The topological polar surface area (TPSA) is 66.1 Å². The van der Waals surface area contributed by atoms with Gasteiger partial charge in [0.2, 0.25) is 0 Å². The largest absolute Gasteiger partial charge is 0.491 e. The van der Waals surface area contributed by atoms with Crippen molar-refractivity contribution in [2.45, 2.75) is 39.2 Å². The van der Waals surface area contributed by atoms with Gasteiger partial charge in [-0.1, -0.05) is 11.2 Å².